The average Bonchev–Trinajstić information content (AvgIpc) is 2.94. The number of hydrogen-bond acceptors (Lipinski definition) is 7. The van der Waals surface area contributed by atoms with Gasteiger partial charge in [0.25, 0.3) is 0 Å². The SMILES string of the molecule is CCNc1ccc([N+](=O)[O-])c(N2CCn3cnnc3C2)n1. The lowest BCUT2D eigenvalue weighted by atomic mass is 10.3. The molecule has 0 atom stereocenters. The van der Waals surface area contributed by atoms with E-state index in [0.717, 1.165) is 5.82 Å². The monoisotopic (exact) mass is 289 g/mol. The van der Waals surface area contributed by atoms with Gasteiger partial charge in [-0.2, -0.15) is 0 Å². The topological polar surface area (TPSA) is 102 Å². The van der Waals surface area contributed by atoms with Crippen LogP contribution in [0.25, 0.3) is 0 Å². The van der Waals surface area contributed by atoms with Crippen molar-refractivity contribution in [2.24, 2.45) is 0 Å². The molecule has 9 heteroatoms. The molecular formula is C12H15N7O2. The molecule has 0 saturated heterocycles. The molecule has 2 aromatic heterocycles. The van der Waals surface area contributed by atoms with Gasteiger partial charge in [0, 0.05) is 25.7 Å². The predicted octanol–water partition coefficient (Wildman–Crippen LogP) is 1.03. The molecule has 3 heterocycles. The van der Waals surface area contributed by atoms with E-state index in [-0.39, 0.29) is 5.69 Å². The molecule has 1 aliphatic rings. The molecule has 9 nitrogen and oxygen atoms in total. The van der Waals surface area contributed by atoms with Gasteiger partial charge in [0.05, 0.1) is 11.5 Å². The molecule has 0 aliphatic carbocycles. The van der Waals surface area contributed by atoms with E-state index in [0.29, 0.717) is 37.8 Å². The van der Waals surface area contributed by atoms with Crippen molar-refractivity contribution in [1.29, 1.82) is 0 Å². The van der Waals surface area contributed by atoms with Gasteiger partial charge in [-0.25, -0.2) is 4.98 Å². The molecule has 0 radical (unpaired) electrons. The van der Waals surface area contributed by atoms with Gasteiger partial charge >= 0.3 is 5.69 Å². The molecule has 0 unspecified atom stereocenters. The molecule has 0 saturated carbocycles. The third kappa shape index (κ3) is 2.49. The second-order valence-corrected chi connectivity index (χ2v) is 4.69. The Hall–Kier alpha value is -2.71. The Kier molecular flexibility index (Phi) is 3.38. The van der Waals surface area contributed by atoms with Crippen LogP contribution >= 0.6 is 0 Å². The van der Waals surface area contributed by atoms with Crippen molar-refractivity contribution in [3.8, 4) is 0 Å². The standard InChI is InChI=1S/C12H15N7O2/c1-2-13-10-4-3-9(19(20)21)12(15-10)17-5-6-18-8-14-16-11(18)7-17/h3-4,8H,2,5-7H2,1H3,(H,13,15). The maximum absolute atomic E-state index is 11.2. The molecule has 1 N–H and O–H groups in total. The number of fused-ring (bicyclic) bond motifs is 1. The van der Waals surface area contributed by atoms with Crippen molar-refractivity contribution in [3.63, 3.8) is 0 Å². The Bertz CT molecular complexity index is 669. The number of pyridine rings is 1. The third-order valence-electron chi connectivity index (χ3n) is 3.35. The summed E-state index contributed by atoms with van der Waals surface area (Å²) in [6.07, 6.45) is 1.67. The first-order valence-electron chi connectivity index (χ1n) is 6.70. The summed E-state index contributed by atoms with van der Waals surface area (Å²) in [6, 6.07) is 3.11. The molecule has 0 aromatic carbocycles. The highest BCUT2D eigenvalue weighted by Gasteiger charge is 2.26. The Morgan fingerprint density at radius 3 is 3.05 bits per heavy atom. The van der Waals surface area contributed by atoms with Crippen LogP contribution in [0.4, 0.5) is 17.3 Å². The highest BCUT2D eigenvalue weighted by molar-refractivity contribution is 5.62. The third-order valence-corrected chi connectivity index (χ3v) is 3.35. The van der Waals surface area contributed by atoms with E-state index in [9.17, 15) is 10.1 Å². The van der Waals surface area contributed by atoms with Crippen LogP contribution in [0.3, 0.4) is 0 Å². The summed E-state index contributed by atoms with van der Waals surface area (Å²) >= 11 is 0. The highest BCUT2D eigenvalue weighted by atomic mass is 16.6. The summed E-state index contributed by atoms with van der Waals surface area (Å²) in [4.78, 5) is 17.1. The smallest absolute Gasteiger partial charge is 0.311 e. The molecule has 0 bridgehead atoms. The van der Waals surface area contributed by atoms with Gasteiger partial charge < -0.3 is 14.8 Å². The maximum Gasteiger partial charge on any atom is 0.311 e. The van der Waals surface area contributed by atoms with Crippen LogP contribution < -0.4 is 10.2 Å². The zero-order valence-corrected chi connectivity index (χ0v) is 11.6. The Morgan fingerprint density at radius 2 is 2.29 bits per heavy atom. The van der Waals surface area contributed by atoms with Gasteiger partial charge in [0.2, 0.25) is 5.82 Å². The van der Waals surface area contributed by atoms with Crippen LogP contribution in [0.15, 0.2) is 18.5 Å². The number of nitrogens with zero attached hydrogens (tertiary/aromatic N) is 6. The van der Waals surface area contributed by atoms with E-state index in [2.05, 4.69) is 20.5 Å². The van der Waals surface area contributed by atoms with Gasteiger partial charge in [-0.1, -0.05) is 0 Å². The first kappa shape index (κ1) is 13.3. The zero-order chi connectivity index (χ0) is 14.8. The molecule has 21 heavy (non-hydrogen) atoms. The van der Waals surface area contributed by atoms with Gasteiger partial charge in [-0.15, -0.1) is 10.2 Å². The van der Waals surface area contributed by atoms with Crippen molar-refractivity contribution in [1.82, 2.24) is 19.7 Å². The molecule has 0 fully saturated rings. The second-order valence-electron chi connectivity index (χ2n) is 4.69. The lowest BCUT2D eigenvalue weighted by Crippen LogP contribution is -2.34. The van der Waals surface area contributed by atoms with Crippen molar-refractivity contribution >= 4 is 17.3 Å². The molecular weight excluding hydrogens is 274 g/mol. The maximum atomic E-state index is 11.2. The highest BCUT2D eigenvalue weighted by Crippen LogP contribution is 2.29. The van der Waals surface area contributed by atoms with Crippen LogP contribution in [0.5, 0.6) is 0 Å². The summed E-state index contributed by atoms with van der Waals surface area (Å²) in [7, 11) is 0. The molecule has 1 aliphatic heterocycles. The van der Waals surface area contributed by atoms with E-state index < -0.39 is 4.92 Å². The molecule has 2 aromatic rings. The van der Waals surface area contributed by atoms with Gasteiger partial charge in [-0.05, 0) is 13.0 Å². The normalized spacial score (nSPS) is 13.9. The minimum Gasteiger partial charge on any atom is -0.370 e. The van der Waals surface area contributed by atoms with E-state index in [1.165, 1.54) is 6.07 Å². The number of nitro groups is 1. The summed E-state index contributed by atoms with van der Waals surface area (Å²) in [6.45, 7) is 4.44. The fourth-order valence-electron chi connectivity index (χ4n) is 2.34. The van der Waals surface area contributed by atoms with Gasteiger partial charge in [0.1, 0.15) is 12.1 Å². The van der Waals surface area contributed by atoms with Crippen LogP contribution in [-0.2, 0) is 13.1 Å². The predicted molar refractivity (Wildman–Crippen MR) is 76.1 cm³/mol. The van der Waals surface area contributed by atoms with E-state index in [1.54, 1.807) is 12.4 Å². The minimum atomic E-state index is -0.405. The summed E-state index contributed by atoms with van der Waals surface area (Å²) < 4.78 is 1.94. The molecule has 0 spiro atoms. The van der Waals surface area contributed by atoms with Crippen LogP contribution in [-0.4, -0.2) is 37.8 Å². The molecule has 0 amide bonds. The fourth-order valence-corrected chi connectivity index (χ4v) is 2.34. The quantitative estimate of drug-likeness (QED) is 0.662. The second kappa shape index (κ2) is 5.35. The van der Waals surface area contributed by atoms with Crippen molar-refractivity contribution in [2.45, 2.75) is 20.0 Å². The Morgan fingerprint density at radius 1 is 1.43 bits per heavy atom. The van der Waals surface area contributed by atoms with E-state index >= 15 is 0 Å². The molecule has 3 rings (SSSR count). The number of nitrogens with one attached hydrogen (secondary N) is 1. The summed E-state index contributed by atoms with van der Waals surface area (Å²) in [5.74, 6) is 1.78. The minimum absolute atomic E-state index is 0.00428. The first-order chi connectivity index (χ1) is 10.2. The molecule has 110 valence electrons. The Labute approximate surface area is 120 Å². The number of rotatable bonds is 4. The van der Waals surface area contributed by atoms with Gasteiger partial charge in [0.15, 0.2) is 5.82 Å². The first-order valence-corrected chi connectivity index (χ1v) is 6.70. The summed E-state index contributed by atoms with van der Waals surface area (Å²) in [5, 5.41) is 22.2. The van der Waals surface area contributed by atoms with Crippen molar-refractivity contribution in [2.75, 3.05) is 23.3 Å². The summed E-state index contributed by atoms with van der Waals surface area (Å²) in [5.41, 5.74) is 0.00428. The number of anilines is 2. The number of aromatic nitrogens is 4. The van der Waals surface area contributed by atoms with Crippen LogP contribution in [0, 0.1) is 10.1 Å². The van der Waals surface area contributed by atoms with Crippen LogP contribution in [0.2, 0.25) is 0 Å². The van der Waals surface area contributed by atoms with E-state index in [4.69, 9.17) is 0 Å². The lowest BCUT2D eigenvalue weighted by Gasteiger charge is -2.27. The number of hydrogen-bond donors (Lipinski definition) is 1. The largest absolute Gasteiger partial charge is 0.370 e. The lowest BCUT2D eigenvalue weighted by molar-refractivity contribution is -0.384. The van der Waals surface area contributed by atoms with Gasteiger partial charge in [-0.3, -0.25) is 10.1 Å². The fraction of sp³-hybridized carbons (Fsp3) is 0.417. The average molecular weight is 289 g/mol. The van der Waals surface area contributed by atoms with Crippen molar-refractivity contribution < 1.29 is 4.92 Å². The van der Waals surface area contributed by atoms with Crippen molar-refractivity contribution in [3.05, 3.63) is 34.4 Å². The Balaban J connectivity index is 1.96. The van der Waals surface area contributed by atoms with Crippen LogP contribution in [0.1, 0.15) is 12.7 Å². The van der Waals surface area contributed by atoms with E-state index in [1.807, 2.05) is 16.4 Å². The zero-order valence-electron chi connectivity index (χ0n) is 11.6.